The largest absolute Gasteiger partial charge is 0.465 e. The molecule has 4 rings (SSSR count). The molecule has 1 atom stereocenters. The summed E-state index contributed by atoms with van der Waals surface area (Å²) in [6.45, 7) is 0.426. The highest BCUT2D eigenvalue weighted by Gasteiger charge is 2.44. The number of methoxy groups -OCH3 is 1. The van der Waals surface area contributed by atoms with Crippen LogP contribution in [0.2, 0.25) is 10.0 Å². The van der Waals surface area contributed by atoms with Crippen molar-refractivity contribution in [2.24, 2.45) is 0 Å². The Labute approximate surface area is 229 Å². The van der Waals surface area contributed by atoms with E-state index in [0.29, 0.717) is 45.1 Å². The van der Waals surface area contributed by atoms with Crippen LogP contribution < -0.4 is 10.2 Å². The molecule has 1 unspecified atom stereocenters. The summed E-state index contributed by atoms with van der Waals surface area (Å²) in [5.41, 5.74) is 2.42. The zero-order chi connectivity index (χ0) is 26.5. The van der Waals surface area contributed by atoms with Crippen LogP contribution in [0.3, 0.4) is 0 Å². The molecule has 0 spiro atoms. The van der Waals surface area contributed by atoms with Crippen LogP contribution in [0.25, 0.3) is 0 Å². The molecule has 1 fully saturated rings. The van der Waals surface area contributed by atoms with Crippen molar-refractivity contribution in [1.29, 1.82) is 0 Å². The molecule has 2 amide bonds. The Morgan fingerprint density at radius 1 is 1.00 bits per heavy atom. The fraction of sp³-hybridized carbons (Fsp3) is 0.185. The molecule has 0 bridgehead atoms. The average molecular weight is 556 g/mol. The Hall–Kier alpha value is -3.46. The summed E-state index contributed by atoms with van der Waals surface area (Å²) < 4.78 is 4.69. The van der Waals surface area contributed by atoms with Gasteiger partial charge in [-0.05, 0) is 78.8 Å². The lowest BCUT2D eigenvalue weighted by Gasteiger charge is -2.24. The van der Waals surface area contributed by atoms with Gasteiger partial charge in [0, 0.05) is 22.3 Å². The van der Waals surface area contributed by atoms with Gasteiger partial charge in [-0.15, -0.1) is 0 Å². The van der Waals surface area contributed by atoms with Gasteiger partial charge in [-0.1, -0.05) is 41.4 Å². The fourth-order valence-corrected chi connectivity index (χ4v) is 4.76. The number of rotatable bonds is 8. The van der Waals surface area contributed by atoms with E-state index in [1.165, 1.54) is 12.0 Å². The lowest BCUT2D eigenvalue weighted by atomic mass is 10.1. The van der Waals surface area contributed by atoms with Gasteiger partial charge in [-0.25, -0.2) is 4.79 Å². The number of carbonyl (C=O) groups excluding carboxylic acids is 3. The van der Waals surface area contributed by atoms with Crippen LogP contribution in [0, 0.1) is 0 Å². The Balaban J connectivity index is 1.53. The van der Waals surface area contributed by atoms with Gasteiger partial charge in [0.2, 0.25) is 5.91 Å². The number of carbonyl (C=O) groups is 3. The first-order valence-corrected chi connectivity index (χ1v) is 12.6. The number of amides is 2. The number of nitrogens with zero attached hydrogens (tertiary/aromatic N) is 2. The molecule has 1 aliphatic rings. The number of nitrogens with one attached hydrogen (secondary N) is 1. The Bertz CT molecular complexity index is 1330. The fourth-order valence-electron chi connectivity index (χ4n) is 4.04. The SMILES string of the molecule is COC(=O)c1ccc(NC(=O)CC2C(=O)N(c3cccc(Cl)c3)C(=S)N2CCc2ccc(Cl)cc2)cc1. The van der Waals surface area contributed by atoms with Gasteiger partial charge in [0.15, 0.2) is 5.11 Å². The maximum Gasteiger partial charge on any atom is 0.337 e. The Morgan fingerprint density at radius 2 is 1.70 bits per heavy atom. The van der Waals surface area contributed by atoms with E-state index in [-0.39, 0.29) is 18.2 Å². The van der Waals surface area contributed by atoms with E-state index in [4.69, 9.17) is 40.2 Å². The van der Waals surface area contributed by atoms with Crippen molar-refractivity contribution in [3.63, 3.8) is 0 Å². The third-order valence-electron chi connectivity index (χ3n) is 5.91. The number of thiocarbonyl (C=S) groups is 1. The summed E-state index contributed by atoms with van der Waals surface area (Å²) in [5.74, 6) is -1.14. The molecule has 0 radical (unpaired) electrons. The standard InChI is InChI=1S/C27H23Cl2N3O4S/c1-36-26(35)18-7-11-21(12-8-18)30-24(33)16-23-25(34)32(22-4-2-3-20(29)15-22)27(37)31(23)14-13-17-5-9-19(28)10-6-17/h2-12,15,23H,13-14,16H2,1H3,(H,30,33). The molecule has 37 heavy (non-hydrogen) atoms. The van der Waals surface area contributed by atoms with Crippen LogP contribution in [0.5, 0.6) is 0 Å². The molecule has 0 aromatic heterocycles. The highest BCUT2D eigenvalue weighted by atomic mass is 35.5. The third kappa shape index (κ3) is 6.28. The van der Waals surface area contributed by atoms with E-state index in [9.17, 15) is 14.4 Å². The molecule has 1 N–H and O–H groups in total. The van der Waals surface area contributed by atoms with Crippen molar-refractivity contribution in [2.45, 2.75) is 18.9 Å². The second kappa shape index (κ2) is 11.7. The number of benzene rings is 3. The number of anilines is 2. The minimum atomic E-state index is -0.798. The Morgan fingerprint density at radius 3 is 2.35 bits per heavy atom. The van der Waals surface area contributed by atoms with Crippen LogP contribution in [0.1, 0.15) is 22.3 Å². The minimum absolute atomic E-state index is 0.116. The molecule has 7 nitrogen and oxygen atoms in total. The lowest BCUT2D eigenvalue weighted by molar-refractivity contribution is -0.124. The average Bonchev–Trinajstić information content (AvgIpc) is 3.12. The van der Waals surface area contributed by atoms with E-state index < -0.39 is 12.0 Å². The van der Waals surface area contributed by atoms with Crippen molar-refractivity contribution in [1.82, 2.24) is 4.90 Å². The summed E-state index contributed by atoms with van der Waals surface area (Å²) in [6.07, 6.45) is 0.483. The molecule has 10 heteroatoms. The van der Waals surface area contributed by atoms with Crippen molar-refractivity contribution in [3.8, 4) is 0 Å². The highest BCUT2D eigenvalue weighted by Crippen LogP contribution is 2.29. The quantitative estimate of drug-likeness (QED) is 0.298. The second-order valence-electron chi connectivity index (χ2n) is 8.34. The van der Waals surface area contributed by atoms with Crippen LogP contribution in [-0.4, -0.2) is 47.5 Å². The monoisotopic (exact) mass is 555 g/mol. The zero-order valence-corrected chi connectivity index (χ0v) is 22.1. The number of hydrogen-bond acceptors (Lipinski definition) is 5. The van der Waals surface area contributed by atoms with E-state index in [2.05, 4.69) is 5.32 Å². The summed E-state index contributed by atoms with van der Waals surface area (Å²) in [5, 5.41) is 4.20. The maximum absolute atomic E-state index is 13.5. The Kier molecular flexibility index (Phi) is 8.43. The van der Waals surface area contributed by atoms with Crippen LogP contribution >= 0.6 is 35.4 Å². The number of halogens is 2. The molecule has 0 saturated carbocycles. The van der Waals surface area contributed by atoms with Gasteiger partial charge < -0.3 is 15.0 Å². The molecule has 3 aromatic carbocycles. The molecule has 3 aromatic rings. The highest BCUT2D eigenvalue weighted by molar-refractivity contribution is 7.80. The van der Waals surface area contributed by atoms with Gasteiger partial charge in [-0.3, -0.25) is 14.5 Å². The van der Waals surface area contributed by atoms with Crippen LogP contribution in [0.4, 0.5) is 11.4 Å². The van der Waals surface area contributed by atoms with Crippen LogP contribution in [0.15, 0.2) is 72.8 Å². The number of ether oxygens (including phenoxy) is 1. The van der Waals surface area contributed by atoms with Gasteiger partial charge in [-0.2, -0.15) is 0 Å². The van der Waals surface area contributed by atoms with E-state index in [0.717, 1.165) is 5.56 Å². The second-order valence-corrected chi connectivity index (χ2v) is 9.58. The maximum atomic E-state index is 13.5. The number of hydrogen-bond donors (Lipinski definition) is 1. The van der Waals surface area contributed by atoms with E-state index in [1.807, 2.05) is 12.1 Å². The van der Waals surface area contributed by atoms with Crippen molar-refractivity contribution >= 4 is 69.7 Å². The molecule has 190 valence electrons. The lowest BCUT2D eigenvalue weighted by Crippen LogP contribution is -2.39. The molecule has 0 aliphatic carbocycles. The van der Waals surface area contributed by atoms with Crippen LogP contribution in [-0.2, 0) is 20.7 Å². The molecule has 1 heterocycles. The van der Waals surface area contributed by atoms with Gasteiger partial charge in [0.25, 0.3) is 5.91 Å². The molecule has 1 saturated heterocycles. The first-order valence-electron chi connectivity index (χ1n) is 11.4. The van der Waals surface area contributed by atoms with E-state index in [1.54, 1.807) is 65.6 Å². The number of esters is 1. The summed E-state index contributed by atoms with van der Waals surface area (Å²) in [7, 11) is 1.30. The summed E-state index contributed by atoms with van der Waals surface area (Å²) >= 11 is 17.9. The normalized spacial score (nSPS) is 15.2. The van der Waals surface area contributed by atoms with Crippen molar-refractivity contribution < 1.29 is 19.1 Å². The topological polar surface area (TPSA) is 78.9 Å². The molecular formula is C27H23Cl2N3O4S. The van der Waals surface area contributed by atoms with Gasteiger partial charge in [0.1, 0.15) is 6.04 Å². The van der Waals surface area contributed by atoms with Gasteiger partial charge in [0.05, 0.1) is 24.8 Å². The smallest absolute Gasteiger partial charge is 0.337 e. The first kappa shape index (κ1) is 26.6. The van der Waals surface area contributed by atoms with Crippen molar-refractivity contribution in [2.75, 3.05) is 23.9 Å². The predicted octanol–water partition coefficient (Wildman–Crippen LogP) is 5.35. The summed E-state index contributed by atoms with van der Waals surface area (Å²) in [6, 6.07) is 19.8. The van der Waals surface area contributed by atoms with Gasteiger partial charge >= 0.3 is 5.97 Å². The predicted molar refractivity (Wildman–Crippen MR) is 148 cm³/mol. The van der Waals surface area contributed by atoms with E-state index >= 15 is 0 Å². The summed E-state index contributed by atoms with van der Waals surface area (Å²) in [4.78, 5) is 41.3. The van der Waals surface area contributed by atoms with Crippen molar-refractivity contribution in [3.05, 3.63) is 94.0 Å². The first-order chi connectivity index (χ1) is 17.8. The third-order valence-corrected chi connectivity index (χ3v) is 6.81. The minimum Gasteiger partial charge on any atom is -0.465 e. The molecular weight excluding hydrogens is 533 g/mol. The molecule has 1 aliphatic heterocycles. The zero-order valence-electron chi connectivity index (χ0n) is 19.8.